The standard InChI is InChI=1S/C17H13ClN4OS/c1-10-19-16(17(23)21-15-8-4-7-14(18)20-15)12-9-24-13-6-3-2-5-11(13)22(10)12/h2-8H,9H2,1H3,(H,20,21,23). The van der Waals surface area contributed by atoms with Crippen molar-refractivity contribution in [1.29, 1.82) is 0 Å². The SMILES string of the molecule is Cc1nc(C(=O)Nc2cccc(Cl)n2)c2n1-c1ccccc1SC2. The molecule has 1 aliphatic rings. The van der Waals surface area contributed by atoms with Gasteiger partial charge in [0, 0.05) is 10.6 Å². The molecule has 3 aromatic rings. The van der Waals surface area contributed by atoms with Crippen molar-refractivity contribution >= 4 is 35.1 Å². The van der Waals surface area contributed by atoms with E-state index in [0.717, 1.165) is 17.2 Å². The van der Waals surface area contributed by atoms with Gasteiger partial charge in [0.05, 0.1) is 11.4 Å². The van der Waals surface area contributed by atoms with E-state index in [1.54, 1.807) is 30.0 Å². The fourth-order valence-corrected chi connectivity index (χ4v) is 3.98. The second-order valence-electron chi connectivity index (χ2n) is 5.35. The highest BCUT2D eigenvalue weighted by atomic mass is 35.5. The van der Waals surface area contributed by atoms with E-state index in [1.807, 2.05) is 29.7 Å². The van der Waals surface area contributed by atoms with Crippen LogP contribution in [0, 0.1) is 6.92 Å². The quantitative estimate of drug-likeness (QED) is 0.703. The Morgan fingerprint density at radius 2 is 2.04 bits per heavy atom. The van der Waals surface area contributed by atoms with Crippen LogP contribution in [0.2, 0.25) is 5.15 Å². The zero-order valence-electron chi connectivity index (χ0n) is 12.8. The van der Waals surface area contributed by atoms with Gasteiger partial charge in [0.2, 0.25) is 0 Å². The summed E-state index contributed by atoms with van der Waals surface area (Å²) in [7, 11) is 0. The second kappa shape index (κ2) is 5.96. The molecule has 7 heteroatoms. The normalized spacial score (nSPS) is 12.4. The summed E-state index contributed by atoms with van der Waals surface area (Å²) in [5.41, 5.74) is 2.39. The van der Waals surface area contributed by atoms with E-state index in [2.05, 4.69) is 21.4 Å². The first-order valence-electron chi connectivity index (χ1n) is 7.38. The van der Waals surface area contributed by atoms with Crippen LogP contribution in [0.4, 0.5) is 5.82 Å². The molecular formula is C17H13ClN4OS. The summed E-state index contributed by atoms with van der Waals surface area (Å²) in [6.45, 7) is 1.91. The van der Waals surface area contributed by atoms with Gasteiger partial charge in [-0.05, 0) is 31.2 Å². The van der Waals surface area contributed by atoms with Crippen molar-refractivity contribution in [3.05, 3.63) is 64.8 Å². The number of halogens is 1. The third kappa shape index (κ3) is 2.57. The zero-order chi connectivity index (χ0) is 16.7. The summed E-state index contributed by atoms with van der Waals surface area (Å²) in [4.78, 5) is 22.4. The molecule has 24 heavy (non-hydrogen) atoms. The predicted octanol–water partition coefficient (Wildman–Crippen LogP) is 4.09. The van der Waals surface area contributed by atoms with Crippen LogP contribution in [0.25, 0.3) is 5.69 Å². The molecule has 0 radical (unpaired) electrons. The largest absolute Gasteiger partial charge is 0.305 e. The fraction of sp³-hybridized carbons (Fsp3) is 0.118. The number of amides is 1. The Balaban J connectivity index is 1.72. The molecule has 2 aromatic heterocycles. The minimum absolute atomic E-state index is 0.276. The van der Waals surface area contributed by atoms with Crippen molar-refractivity contribution in [2.75, 3.05) is 5.32 Å². The average molecular weight is 357 g/mol. The van der Waals surface area contributed by atoms with E-state index in [4.69, 9.17) is 11.6 Å². The van der Waals surface area contributed by atoms with Crippen molar-refractivity contribution in [1.82, 2.24) is 14.5 Å². The average Bonchev–Trinajstić information content (AvgIpc) is 2.92. The summed E-state index contributed by atoms with van der Waals surface area (Å²) in [5.74, 6) is 1.63. The van der Waals surface area contributed by atoms with E-state index in [1.165, 1.54) is 4.90 Å². The van der Waals surface area contributed by atoms with Crippen molar-refractivity contribution in [2.24, 2.45) is 0 Å². The van der Waals surface area contributed by atoms with E-state index in [0.29, 0.717) is 22.4 Å². The van der Waals surface area contributed by atoms with Crippen LogP contribution < -0.4 is 5.32 Å². The van der Waals surface area contributed by atoms with Gasteiger partial charge < -0.3 is 5.32 Å². The number of rotatable bonds is 2. The Kier molecular flexibility index (Phi) is 3.78. The molecule has 0 unspecified atom stereocenters. The number of aryl methyl sites for hydroxylation is 1. The molecule has 1 amide bonds. The number of thioether (sulfide) groups is 1. The number of pyridine rings is 1. The lowest BCUT2D eigenvalue weighted by atomic mass is 10.2. The Hall–Kier alpha value is -2.31. The lowest BCUT2D eigenvalue weighted by molar-refractivity contribution is 0.102. The molecule has 3 heterocycles. The summed E-state index contributed by atoms with van der Waals surface area (Å²) < 4.78 is 2.05. The van der Waals surface area contributed by atoms with E-state index in [-0.39, 0.29) is 5.91 Å². The van der Waals surface area contributed by atoms with Crippen LogP contribution in [0.3, 0.4) is 0 Å². The van der Waals surface area contributed by atoms with Gasteiger partial charge in [-0.1, -0.05) is 29.8 Å². The van der Waals surface area contributed by atoms with Crippen LogP contribution >= 0.6 is 23.4 Å². The molecule has 0 bridgehead atoms. The van der Waals surface area contributed by atoms with Gasteiger partial charge >= 0.3 is 0 Å². The molecule has 0 aliphatic carbocycles. The maximum Gasteiger partial charge on any atom is 0.277 e. The lowest BCUT2D eigenvalue weighted by Crippen LogP contribution is -2.17. The first-order chi connectivity index (χ1) is 11.6. The maximum atomic E-state index is 12.6. The molecule has 0 saturated carbocycles. The second-order valence-corrected chi connectivity index (χ2v) is 6.75. The van der Waals surface area contributed by atoms with Crippen LogP contribution in [-0.2, 0) is 5.75 Å². The van der Waals surface area contributed by atoms with Crippen LogP contribution in [0.5, 0.6) is 0 Å². The van der Waals surface area contributed by atoms with Crippen LogP contribution in [-0.4, -0.2) is 20.4 Å². The van der Waals surface area contributed by atoms with Crippen molar-refractivity contribution in [2.45, 2.75) is 17.6 Å². The molecular weight excluding hydrogens is 344 g/mol. The number of hydrogen-bond donors (Lipinski definition) is 1. The topological polar surface area (TPSA) is 59.8 Å². The molecule has 0 saturated heterocycles. The van der Waals surface area contributed by atoms with Gasteiger partial charge in [-0.25, -0.2) is 9.97 Å². The van der Waals surface area contributed by atoms with Gasteiger partial charge in [0.1, 0.15) is 16.8 Å². The monoisotopic (exact) mass is 356 g/mol. The smallest absolute Gasteiger partial charge is 0.277 e. The van der Waals surface area contributed by atoms with E-state index >= 15 is 0 Å². The minimum atomic E-state index is -0.276. The molecule has 5 nitrogen and oxygen atoms in total. The Morgan fingerprint density at radius 1 is 1.21 bits per heavy atom. The predicted molar refractivity (Wildman–Crippen MR) is 95.1 cm³/mol. The number of anilines is 1. The number of carbonyl (C=O) groups excluding carboxylic acids is 1. The fourth-order valence-electron chi connectivity index (χ4n) is 2.78. The van der Waals surface area contributed by atoms with Crippen LogP contribution in [0.1, 0.15) is 22.0 Å². The van der Waals surface area contributed by atoms with E-state index < -0.39 is 0 Å². The Bertz CT molecular complexity index is 954. The number of para-hydroxylation sites is 1. The third-order valence-corrected chi connectivity index (χ3v) is 5.07. The van der Waals surface area contributed by atoms with Gasteiger partial charge in [0.15, 0.2) is 5.69 Å². The molecule has 1 aromatic carbocycles. The highest BCUT2D eigenvalue weighted by Crippen LogP contribution is 2.37. The first kappa shape index (κ1) is 15.2. The molecule has 1 aliphatic heterocycles. The molecule has 4 rings (SSSR count). The first-order valence-corrected chi connectivity index (χ1v) is 8.74. The van der Waals surface area contributed by atoms with E-state index in [9.17, 15) is 4.79 Å². The zero-order valence-corrected chi connectivity index (χ0v) is 14.4. The van der Waals surface area contributed by atoms with Crippen molar-refractivity contribution in [3.8, 4) is 5.69 Å². The summed E-state index contributed by atoms with van der Waals surface area (Å²) >= 11 is 7.57. The number of nitrogens with zero attached hydrogens (tertiary/aromatic N) is 3. The third-order valence-electron chi connectivity index (χ3n) is 3.78. The molecule has 1 N–H and O–H groups in total. The number of fused-ring (bicyclic) bond motifs is 3. The van der Waals surface area contributed by atoms with Crippen molar-refractivity contribution < 1.29 is 4.79 Å². The maximum absolute atomic E-state index is 12.6. The van der Waals surface area contributed by atoms with Crippen LogP contribution in [0.15, 0.2) is 47.4 Å². The summed E-state index contributed by atoms with van der Waals surface area (Å²) in [6.07, 6.45) is 0. The highest BCUT2D eigenvalue weighted by Gasteiger charge is 2.26. The summed E-state index contributed by atoms with van der Waals surface area (Å²) in [5, 5.41) is 3.10. The Morgan fingerprint density at radius 3 is 2.88 bits per heavy atom. The molecule has 0 atom stereocenters. The number of nitrogens with one attached hydrogen (secondary N) is 1. The minimum Gasteiger partial charge on any atom is -0.305 e. The van der Waals surface area contributed by atoms with Gasteiger partial charge in [0.25, 0.3) is 5.91 Å². The number of hydrogen-bond acceptors (Lipinski definition) is 4. The van der Waals surface area contributed by atoms with Gasteiger partial charge in [-0.15, -0.1) is 11.8 Å². The number of aromatic nitrogens is 3. The Labute approximate surface area is 148 Å². The lowest BCUT2D eigenvalue weighted by Gasteiger charge is -2.19. The molecule has 0 fully saturated rings. The van der Waals surface area contributed by atoms with Gasteiger partial charge in [-0.3, -0.25) is 9.36 Å². The van der Waals surface area contributed by atoms with Gasteiger partial charge in [-0.2, -0.15) is 0 Å². The number of benzene rings is 1. The summed E-state index contributed by atoms with van der Waals surface area (Å²) in [6, 6.07) is 13.2. The number of carbonyl (C=O) groups is 1. The highest BCUT2D eigenvalue weighted by molar-refractivity contribution is 7.98. The molecule has 120 valence electrons. The molecule has 0 spiro atoms. The number of imidazole rings is 1. The van der Waals surface area contributed by atoms with Crippen molar-refractivity contribution in [3.63, 3.8) is 0 Å².